The average molecular weight is 526 g/mol. The number of ether oxygens (including phenoxy) is 1. The van der Waals surface area contributed by atoms with Crippen LogP contribution in [0.1, 0.15) is 13.8 Å². The molecule has 0 unspecified atom stereocenters. The molecule has 1 saturated heterocycles. The van der Waals surface area contributed by atoms with Crippen LogP contribution in [-0.4, -0.2) is 66.7 Å². The second kappa shape index (κ2) is 10.7. The molecule has 2 N–H and O–H groups in total. The van der Waals surface area contributed by atoms with E-state index in [4.69, 9.17) is 4.74 Å². The van der Waals surface area contributed by atoms with Crippen molar-refractivity contribution in [3.8, 4) is 0 Å². The molecule has 2 heterocycles. The second-order valence-corrected chi connectivity index (χ2v) is 10.4. The van der Waals surface area contributed by atoms with Crippen LogP contribution in [0.25, 0.3) is 0 Å². The Morgan fingerprint density at radius 1 is 1.31 bits per heavy atom. The third-order valence-corrected chi connectivity index (χ3v) is 7.67. The summed E-state index contributed by atoms with van der Waals surface area (Å²) >= 11 is 3.47. The lowest BCUT2D eigenvalue weighted by molar-refractivity contribution is 0.0730. The van der Waals surface area contributed by atoms with Crippen LogP contribution in [0.15, 0.2) is 52.6 Å². The first-order chi connectivity index (χ1) is 15.3. The number of aromatic nitrogens is 2. The van der Waals surface area contributed by atoms with E-state index in [2.05, 4.69) is 37.8 Å². The van der Waals surface area contributed by atoms with E-state index in [1.165, 1.54) is 4.31 Å². The van der Waals surface area contributed by atoms with Gasteiger partial charge < -0.3 is 20.1 Å². The van der Waals surface area contributed by atoms with Gasteiger partial charge in [0.25, 0.3) is 0 Å². The van der Waals surface area contributed by atoms with Gasteiger partial charge in [-0.15, -0.1) is 0 Å². The van der Waals surface area contributed by atoms with E-state index in [1.807, 2.05) is 13.8 Å². The van der Waals surface area contributed by atoms with Crippen LogP contribution in [0.2, 0.25) is 0 Å². The van der Waals surface area contributed by atoms with E-state index in [0.29, 0.717) is 48.2 Å². The third kappa shape index (κ3) is 5.46. The Labute approximate surface area is 197 Å². The number of rotatable bonds is 9. The topological polar surface area (TPSA) is 108 Å². The van der Waals surface area contributed by atoms with Gasteiger partial charge in [0.15, 0.2) is 5.82 Å². The smallest absolute Gasteiger partial charge is 0.243 e. The standard InChI is InChI=1S/C21H28BrN5O4S/c1-4-27(19(14-28)15(2)3)20-18(22)13-23-21(25-20)24-16-5-7-17(8-6-16)32(29,30)26-9-11-31-12-10-26/h4-8,13,15,19,28H,1,9-12,14H2,2-3H3,(H,23,24,25)/t19-/m0/s1. The number of nitrogens with one attached hydrogen (secondary N) is 1. The van der Waals surface area contributed by atoms with Crippen molar-refractivity contribution in [3.63, 3.8) is 0 Å². The van der Waals surface area contributed by atoms with E-state index in [9.17, 15) is 13.5 Å². The summed E-state index contributed by atoms with van der Waals surface area (Å²) in [5.74, 6) is 1.06. The molecule has 1 atom stereocenters. The Morgan fingerprint density at radius 3 is 2.53 bits per heavy atom. The van der Waals surface area contributed by atoms with Gasteiger partial charge in [-0.2, -0.15) is 9.29 Å². The average Bonchev–Trinajstić information content (AvgIpc) is 2.79. The number of aliphatic hydroxyl groups excluding tert-OH is 1. The number of aliphatic hydroxyl groups is 1. The van der Waals surface area contributed by atoms with Gasteiger partial charge in [0.05, 0.1) is 35.2 Å². The molecule has 0 radical (unpaired) electrons. The first kappa shape index (κ1) is 24.6. The van der Waals surface area contributed by atoms with Crippen molar-refractivity contribution in [1.29, 1.82) is 0 Å². The Hall–Kier alpha value is -2.05. The van der Waals surface area contributed by atoms with Gasteiger partial charge in [-0.3, -0.25) is 0 Å². The lowest BCUT2D eigenvalue weighted by atomic mass is 10.0. The molecule has 11 heteroatoms. The van der Waals surface area contributed by atoms with E-state index >= 15 is 0 Å². The van der Waals surface area contributed by atoms with Crippen molar-refractivity contribution in [2.24, 2.45) is 5.92 Å². The summed E-state index contributed by atoms with van der Waals surface area (Å²) < 4.78 is 32.9. The molecular weight excluding hydrogens is 498 g/mol. The highest BCUT2D eigenvalue weighted by atomic mass is 79.9. The zero-order valence-electron chi connectivity index (χ0n) is 18.1. The van der Waals surface area contributed by atoms with Gasteiger partial charge in [-0.05, 0) is 52.3 Å². The summed E-state index contributed by atoms with van der Waals surface area (Å²) in [6, 6.07) is 6.27. The largest absolute Gasteiger partial charge is 0.394 e. The quantitative estimate of drug-likeness (QED) is 0.514. The van der Waals surface area contributed by atoms with Crippen molar-refractivity contribution in [3.05, 3.63) is 47.7 Å². The lowest BCUT2D eigenvalue weighted by Gasteiger charge is -2.31. The molecule has 32 heavy (non-hydrogen) atoms. The third-order valence-electron chi connectivity index (χ3n) is 5.20. The maximum Gasteiger partial charge on any atom is 0.243 e. The van der Waals surface area contributed by atoms with Crippen molar-refractivity contribution >= 4 is 43.4 Å². The molecule has 0 bridgehead atoms. The predicted octanol–water partition coefficient (Wildman–Crippen LogP) is 2.97. The second-order valence-electron chi connectivity index (χ2n) is 7.61. The minimum Gasteiger partial charge on any atom is -0.394 e. The Morgan fingerprint density at radius 2 is 1.97 bits per heavy atom. The molecule has 1 aromatic heterocycles. The Balaban J connectivity index is 1.80. The molecule has 0 saturated carbocycles. The first-order valence-corrected chi connectivity index (χ1v) is 12.5. The highest BCUT2D eigenvalue weighted by molar-refractivity contribution is 9.10. The maximum absolute atomic E-state index is 12.8. The number of hydrogen-bond donors (Lipinski definition) is 2. The number of halogens is 1. The summed E-state index contributed by atoms with van der Waals surface area (Å²) in [6.45, 7) is 9.33. The molecular formula is C21H28BrN5O4S. The molecule has 1 fully saturated rings. The van der Waals surface area contributed by atoms with Gasteiger partial charge in [-0.25, -0.2) is 13.4 Å². The summed E-state index contributed by atoms with van der Waals surface area (Å²) in [5.41, 5.74) is 0.645. The number of nitrogens with zero attached hydrogens (tertiary/aromatic N) is 4. The fourth-order valence-electron chi connectivity index (χ4n) is 3.37. The molecule has 0 amide bonds. The van der Waals surface area contributed by atoms with Crippen molar-refractivity contribution < 1.29 is 18.3 Å². The summed E-state index contributed by atoms with van der Waals surface area (Å²) in [7, 11) is -3.55. The van der Waals surface area contributed by atoms with Gasteiger partial charge in [0.1, 0.15) is 0 Å². The van der Waals surface area contributed by atoms with Crippen molar-refractivity contribution in [2.45, 2.75) is 24.8 Å². The first-order valence-electron chi connectivity index (χ1n) is 10.3. The van der Waals surface area contributed by atoms with Gasteiger partial charge in [0, 0.05) is 25.0 Å². The van der Waals surface area contributed by atoms with E-state index < -0.39 is 10.0 Å². The molecule has 1 aliphatic rings. The van der Waals surface area contributed by atoms with Crippen molar-refractivity contribution in [1.82, 2.24) is 14.3 Å². The number of sulfonamides is 1. The number of hydrogen-bond acceptors (Lipinski definition) is 8. The van der Waals surface area contributed by atoms with E-state index in [0.717, 1.165) is 0 Å². The highest BCUT2D eigenvalue weighted by Gasteiger charge is 2.26. The molecule has 0 spiro atoms. The van der Waals surface area contributed by atoms with Crippen LogP contribution in [0.5, 0.6) is 0 Å². The van der Waals surface area contributed by atoms with Crippen LogP contribution in [0.4, 0.5) is 17.5 Å². The normalized spacial score (nSPS) is 16.0. The molecule has 1 aliphatic heterocycles. The van der Waals surface area contributed by atoms with Crippen LogP contribution >= 0.6 is 15.9 Å². The van der Waals surface area contributed by atoms with Crippen LogP contribution in [0.3, 0.4) is 0 Å². The maximum atomic E-state index is 12.8. The number of morpholine rings is 1. The fourth-order valence-corrected chi connectivity index (χ4v) is 5.18. The van der Waals surface area contributed by atoms with Gasteiger partial charge >= 0.3 is 0 Å². The van der Waals surface area contributed by atoms with E-state index in [-0.39, 0.29) is 23.5 Å². The zero-order chi connectivity index (χ0) is 23.3. The molecule has 2 aromatic rings. The SMILES string of the molecule is C=CN(c1nc(Nc2ccc(S(=O)(=O)N3CCOCC3)cc2)ncc1Br)[C@@H](CO)C(C)C. The van der Waals surface area contributed by atoms with Crippen LogP contribution in [-0.2, 0) is 14.8 Å². The molecule has 3 rings (SSSR count). The Kier molecular flexibility index (Phi) is 8.23. The Bertz CT molecular complexity index is 1030. The van der Waals surface area contributed by atoms with Crippen LogP contribution < -0.4 is 10.2 Å². The number of anilines is 3. The fraction of sp³-hybridized carbons (Fsp3) is 0.429. The minimum atomic E-state index is -3.55. The van der Waals surface area contributed by atoms with Gasteiger partial charge in [-0.1, -0.05) is 20.4 Å². The summed E-state index contributed by atoms with van der Waals surface area (Å²) in [5, 5.41) is 12.9. The summed E-state index contributed by atoms with van der Waals surface area (Å²) in [6.07, 6.45) is 3.25. The molecule has 9 nitrogen and oxygen atoms in total. The minimum absolute atomic E-state index is 0.0536. The number of benzene rings is 1. The highest BCUT2D eigenvalue weighted by Crippen LogP contribution is 2.29. The van der Waals surface area contributed by atoms with Gasteiger partial charge in [0.2, 0.25) is 16.0 Å². The molecule has 1 aromatic carbocycles. The molecule has 174 valence electrons. The monoisotopic (exact) mass is 525 g/mol. The zero-order valence-corrected chi connectivity index (χ0v) is 20.5. The predicted molar refractivity (Wildman–Crippen MR) is 127 cm³/mol. The lowest BCUT2D eigenvalue weighted by Crippen LogP contribution is -2.40. The van der Waals surface area contributed by atoms with E-state index in [1.54, 1.807) is 41.6 Å². The summed E-state index contributed by atoms with van der Waals surface area (Å²) in [4.78, 5) is 10.9. The molecule has 0 aliphatic carbocycles. The van der Waals surface area contributed by atoms with Crippen molar-refractivity contribution in [2.75, 3.05) is 43.1 Å². The van der Waals surface area contributed by atoms with Crippen LogP contribution in [0, 0.1) is 5.92 Å².